The lowest BCUT2D eigenvalue weighted by molar-refractivity contribution is -0.125. The van der Waals surface area contributed by atoms with Crippen molar-refractivity contribution in [3.05, 3.63) is 0 Å². The predicted octanol–water partition coefficient (Wildman–Crippen LogP) is 1.83. The summed E-state index contributed by atoms with van der Waals surface area (Å²) in [5.41, 5.74) is 5.23. The van der Waals surface area contributed by atoms with Gasteiger partial charge in [0.05, 0.1) is 5.54 Å². The number of rotatable bonds is 7. The maximum atomic E-state index is 11.8. The molecule has 0 aliphatic heterocycles. The highest BCUT2D eigenvalue weighted by Gasteiger charge is 2.34. The molecule has 0 heterocycles. The van der Waals surface area contributed by atoms with E-state index in [1.807, 2.05) is 6.92 Å². The summed E-state index contributed by atoms with van der Waals surface area (Å²) >= 11 is 0. The molecule has 0 radical (unpaired) electrons. The van der Waals surface area contributed by atoms with Gasteiger partial charge in [-0.15, -0.1) is 0 Å². The van der Waals surface area contributed by atoms with Gasteiger partial charge in [-0.25, -0.2) is 0 Å². The second kappa shape index (κ2) is 6.53. The minimum absolute atomic E-state index is 0.0646. The molecule has 1 aliphatic carbocycles. The Morgan fingerprint density at radius 3 is 2.50 bits per heavy atom. The quantitative estimate of drug-likeness (QED) is 0.683. The molecule has 1 saturated carbocycles. The van der Waals surface area contributed by atoms with Crippen LogP contribution in [0.1, 0.15) is 52.9 Å². The van der Waals surface area contributed by atoms with Gasteiger partial charge in [-0.2, -0.15) is 0 Å². The highest BCUT2D eigenvalue weighted by atomic mass is 16.5. The third-order valence-electron chi connectivity index (χ3n) is 3.85. The Labute approximate surface area is 111 Å². The molecule has 4 nitrogen and oxygen atoms in total. The first-order chi connectivity index (χ1) is 8.40. The van der Waals surface area contributed by atoms with Crippen LogP contribution in [0, 0.1) is 5.41 Å². The van der Waals surface area contributed by atoms with Gasteiger partial charge in [0.15, 0.2) is 0 Å². The van der Waals surface area contributed by atoms with E-state index < -0.39 is 5.54 Å². The van der Waals surface area contributed by atoms with Crippen molar-refractivity contribution in [3.63, 3.8) is 0 Å². The van der Waals surface area contributed by atoms with E-state index >= 15 is 0 Å². The van der Waals surface area contributed by atoms with Crippen molar-refractivity contribution in [2.75, 3.05) is 19.8 Å². The smallest absolute Gasteiger partial charge is 0.239 e. The summed E-state index contributed by atoms with van der Waals surface area (Å²) in [5.74, 6) is -0.0646. The molecule has 0 spiro atoms. The Morgan fingerprint density at radius 1 is 1.39 bits per heavy atom. The van der Waals surface area contributed by atoms with Crippen molar-refractivity contribution >= 4 is 5.91 Å². The van der Waals surface area contributed by atoms with E-state index in [-0.39, 0.29) is 11.3 Å². The van der Waals surface area contributed by atoms with Crippen LogP contribution < -0.4 is 11.1 Å². The molecule has 1 amide bonds. The molecule has 106 valence electrons. The van der Waals surface area contributed by atoms with Crippen LogP contribution in [0.15, 0.2) is 0 Å². The van der Waals surface area contributed by atoms with Gasteiger partial charge in [0, 0.05) is 19.8 Å². The van der Waals surface area contributed by atoms with Crippen molar-refractivity contribution in [1.82, 2.24) is 5.32 Å². The van der Waals surface area contributed by atoms with Gasteiger partial charge in [0.1, 0.15) is 0 Å². The molecule has 0 aromatic heterocycles. The fourth-order valence-corrected chi connectivity index (χ4v) is 2.57. The van der Waals surface area contributed by atoms with E-state index in [0.717, 1.165) is 26.2 Å². The summed E-state index contributed by atoms with van der Waals surface area (Å²) in [6, 6.07) is 0. The molecule has 1 fully saturated rings. The fourth-order valence-electron chi connectivity index (χ4n) is 2.57. The molecule has 0 atom stereocenters. The average Bonchev–Trinajstić information content (AvgIpc) is 2.74. The zero-order valence-corrected chi connectivity index (χ0v) is 12.1. The van der Waals surface area contributed by atoms with Crippen LogP contribution in [0.25, 0.3) is 0 Å². The Bertz CT molecular complexity index is 265. The van der Waals surface area contributed by atoms with Gasteiger partial charge in [0.2, 0.25) is 5.91 Å². The second-order valence-corrected chi connectivity index (χ2v) is 6.06. The van der Waals surface area contributed by atoms with E-state index in [1.165, 1.54) is 25.7 Å². The highest BCUT2D eigenvalue weighted by molar-refractivity contribution is 5.85. The van der Waals surface area contributed by atoms with Gasteiger partial charge in [-0.05, 0) is 45.4 Å². The van der Waals surface area contributed by atoms with Crippen LogP contribution in [0.2, 0.25) is 0 Å². The van der Waals surface area contributed by atoms with Crippen molar-refractivity contribution in [2.24, 2.45) is 11.1 Å². The summed E-state index contributed by atoms with van der Waals surface area (Å²) in [5, 5.41) is 3.01. The number of amides is 1. The SMILES string of the molecule is CCOCCC1(CNC(=O)C(C)(C)N)CCCC1. The van der Waals surface area contributed by atoms with E-state index in [1.54, 1.807) is 13.8 Å². The number of nitrogens with two attached hydrogens (primary N) is 1. The normalized spacial score (nSPS) is 18.9. The maximum absolute atomic E-state index is 11.8. The zero-order valence-electron chi connectivity index (χ0n) is 12.1. The van der Waals surface area contributed by atoms with E-state index in [4.69, 9.17) is 10.5 Å². The van der Waals surface area contributed by atoms with Crippen LogP contribution in [-0.2, 0) is 9.53 Å². The number of carbonyl (C=O) groups is 1. The number of hydrogen-bond acceptors (Lipinski definition) is 3. The number of nitrogens with one attached hydrogen (secondary N) is 1. The molecule has 1 rings (SSSR count). The number of hydrogen-bond donors (Lipinski definition) is 2. The summed E-state index contributed by atoms with van der Waals surface area (Å²) < 4.78 is 5.46. The lowest BCUT2D eigenvalue weighted by atomic mass is 9.82. The third kappa shape index (κ3) is 4.58. The monoisotopic (exact) mass is 256 g/mol. The summed E-state index contributed by atoms with van der Waals surface area (Å²) in [7, 11) is 0. The molecule has 0 aromatic rings. The molecule has 0 unspecified atom stereocenters. The lowest BCUT2D eigenvalue weighted by Crippen LogP contribution is -2.51. The Hall–Kier alpha value is -0.610. The number of ether oxygens (including phenoxy) is 1. The molecule has 1 aliphatic rings. The molecule has 18 heavy (non-hydrogen) atoms. The van der Waals surface area contributed by atoms with E-state index in [9.17, 15) is 4.79 Å². The van der Waals surface area contributed by atoms with Gasteiger partial charge in [-0.1, -0.05) is 12.8 Å². The van der Waals surface area contributed by atoms with Gasteiger partial charge >= 0.3 is 0 Å². The van der Waals surface area contributed by atoms with Gasteiger partial charge in [-0.3, -0.25) is 4.79 Å². The molecule has 4 heteroatoms. The molecule has 3 N–H and O–H groups in total. The maximum Gasteiger partial charge on any atom is 0.239 e. The molecule has 0 saturated heterocycles. The van der Waals surface area contributed by atoms with Gasteiger partial charge in [0.25, 0.3) is 0 Å². The second-order valence-electron chi connectivity index (χ2n) is 6.06. The lowest BCUT2D eigenvalue weighted by Gasteiger charge is -2.30. The largest absolute Gasteiger partial charge is 0.382 e. The van der Waals surface area contributed by atoms with Crippen LogP contribution in [0.5, 0.6) is 0 Å². The van der Waals surface area contributed by atoms with Crippen LogP contribution in [0.3, 0.4) is 0 Å². The van der Waals surface area contributed by atoms with Crippen molar-refractivity contribution in [1.29, 1.82) is 0 Å². The molecule has 0 bridgehead atoms. The molecular formula is C14H28N2O2. The van der Waals surface area contributed by atoms with Crippen LogP contribution >= 0.6 is 0 Å². The van der Waals surface area contributed by atoms with Crippen LogP contribution in [-0.4, -0.2) is 31.2 Å². The summed E-state index contributed by atoms with van der Waals surface area (Å²) in [4.78, 5) is 11.8. The van der Waals surface area contributed by atoms with Crippen molar-refractivity contribution in [3.8, 4) is 0 Å². The first-order valence-electron chi connectivity index (χ1n) is 7.05. The molecule has 0 aromatic carbocycles. The first kappa shape index (κ1) is 15.4. The van der Waals surface area contributed by atoms with Crippen LogP contribution in [0.4, 0.5) is 0 Å². The Morgan fingerprint density at radius 2 is 2.00 bits per heavy atom. The van der Waals surface area contributed by atoms with Crippen molar-refractivity contribution in [2.45, 2.75) is 58.4 Å². The Kier molecular flexibility index (Phi) is 5.60. The van der Waals surface area contributed by atoms with E-state index in [2.05, 4.69) is 5.32 Å². The highest BCUT2D eigenvalue weighted by Crippen LogP contribution is 2.40. The minimum Gasteiger partial charge on any atom is -0.382 e. The predicted molar refractivity (Wildman–Crippen MR) is 73.3 cm³/mol. The summed E-state index contributed by atoms with van der Waals surface area (Å²) in [6.45, 7) is 7.78. The minimum atomic E-state index is -0.792. The fraction of sp³-hybridized carbons (Fsp3) is 0.929. The zero-order chi connectivity index (χ0) is 13.6. The third-order valence-corrected chi connectivity index (χ3v) is 3.85. The average molecular weight is 256 g/mol. The topological polar surface area (TPSA) is 64.3 Å². The van der Waals surface area contributed by atoms with E-state index in [0.29, 0.717) is 0 Å². The Balaban J connectivity index is 2.45. The molecular weight excluding hydrogens is 228 g/mol. The standard InChI is InChI=1S/C14H28N2O2/c1-4-18-10-9-14(7-5-6-8-14)11-16-12(17)13(2,3)15/h4-11,15H2,1-3H3,(H,16,17). The first-order valence-corrected chi connectivity index (χ1v) is 7.05. The summed E-state index contributed by atoms with van der Waals surface area (Å²) in [6.07, 6.45) is 5.92. The van der Waals surface area contributed by atoms with Crippen molar-refractivity contribution < 1.29 is 9.53 Å². The number of carbonyl (C=O) groups excluding carboxylic acids is 1. The van der Waals surface area contributed by atoms with Gasteiger partial charge < -0.3 is 15.8 Å².